The summed E-state index contributed by atoms with van der Waals surface area (Å²) in [4.78, 5) is 24.6. The summed E-state index contributed by atoms with van der Waals surface area (Å²) >= 11 is 0. The molecule has 1 saturated heterocycles. The van der Waals surface area contributed by atoms with Crippen LogP contribution in [-0.2, 0) is 17.9 Å². The Morgan fingerprint density at radius 3 is 2.43 bits per heavy atom. The fourth-order valence-corrected chi connectivity index (χ4v) is 3.81. The molecule has 152 valence electrons. The Bertz CT molecular complexity index is 1060. The monoisotopic (exact) mass is 401 g/mol. The van der Waals surface area contributed by atoms with E-state index in [0.717, 1.165) is 35.2 Å². The van der Waals surface area contributed by atoms with Crippen molar-refractivity contribution < 1.29 is 9.72 Å². The third-order valence-electron chi connectivity index (χ3n) is 5.40. The minimum Gasteiger partial charge on any atom is -0.375 e. The highest BCUT2D eigenvalue weighted by molar-refractivity contribution is 5.78. The predicted molar refractivity (Wildman–Crippen MR) is 117 cm³/mol. The van der Waals surface area contributed by atoms with E-state index in [4.69, 9.17) is 0 Å². The number of nitrogens with zero attached hydrogens (tertiary/aromatic N) is 2. The van der Waals surface area contributed by atoms with Crippen LogP contribution in [-0.4, -0.2) is 22.3 Å². The maximum Gasteiger partial charge on any atom is 0.292 e. The van der Waals surface area contributed by atoms with Crippen LogP contribution in [0.5, 0.6) is 0 Å². The van der Waals surface area contributed by atoms with Crippen LogP contribution in [0.1, 0.15) is 24.0 Å². The lowest BCUT2D eigenvalue weighted by Crippen LogP contribution is -2.23. The third-order valence-corrected chi connectivity index (χ3v) is 5.40. The van der Waals surface area contributed by atoms with Crippen LogP contribution in [0.15, 0.2) is 72.8 Å². The van der Waals surface area contributed by atoms with Gasteiger partial charge in [-0.3, -0.25) is 14.9 Å². The second-order valence-corrected chi connectivity index (χ2v) is 7.40. The molecule has 0 aromatic heterocycles. The molecule has 0 saturated carbocycles. The number of nitrogens with one attached hydrogen (secondary N) is 1. The molecule has 6 nitrogen and oxygen atoms in total. The van der Waals surface area contributed by atoms with Gasteiger partial charge in [0.15, 0.2) is 0 Å². The molecule has 30 heavy (non-hydrogen) atoms. The predicted octanol–water partition coefficient (Wildman–Crippen LogP) is 5.00. The largest absolute Gasteiger partial charge is 0.375 e. The average Bonchev–Trinajstić information content (AvgIpc) is 3.17. The van der Waals surface area contributed by atoms with Crippen molar-refractivity contribution in [2.24, 2.45) is 0 Å². The van der Waals surface area contributed by atoms with Gasteiger partial charge < -0.3 is 10.2 Å². The van der Waals surface area contributed by atoms with Gasteiger partial charge in [-0.2, -0.15) is 0 Å². The Kier molecular flexibility index (Phi) is 5.75. The van der Waals surface area contributed by atoms with E-state index in [0.29, 0.717) is 25.2 Å². The molecule has 0 unspecified atom stereocenters. The van der Waals surface area contributed by atoms with E-state index >= 15 is 0 Å². The summed E-state index contributed by atoms with van der Waals surface area (Å²) < 4.78 is 0. The van der Waals surface area contributed by atoms with Gasteiger partial charge in [0.1, 0.15) is 5.69 Å². The number of para-hydroxylation sites is 2. The first-order valence-electron chi connectivity index (χ1n) is 10.0. The van der Waals surface area contributed by atoms with Gasteiger partial charge in [0.2, 0.25) is 5.91 Å². The van der Waals surface area contributed by atoms with E-state index in [1.165, 1.54) is 6.07 Å². The van der Waals surface area contributed by atoms with E-state index in [2.05, 4.69) is 35.6 Å². The Morgan fingerprint density at radius 1 is 0.967 bits per heavy atom. The average molecular weight is 401 g/mol. The molecule has 0 aliphatic carbocycles. The van der Waals surface area contributed by atoms with Crippen molar-refractivity contribution in [1.29, 1.82) is 0 Å². The first-order valence-corrected chi connectivity index (χ1v) is 10.0. The number of benzene rings is 3. The Morgan fingerprint density at radius 2 is 1.70 bits per heavy atom. The van der Waals surface area contributed by atoms with Crippen LogP contribution in [0.25, 0.3) is 11.1 Å². The second kappa shape index (κ2) is 8.78. The van der Waals surface area contributed by atoms with Crippen LogP contribution in [0, 0.1) is 10.1 Å². The summed E-state index contributed by atoms with van der Waals surface area (Å²) in [5, 5.41) is 14.4. The lowest BCUT2D eigenvalue weighted by atomic mass is 9.98. The summed E-state index contributed by atoms with van der Waals surface area (Å²) in [6, 6.07) is 22.9. The van der Waals surface area contributed by atoms with Crippen molar-refractivity contribution in [2.45, 2.75) is 25.9 Å². The van der Waals surface area contributed by atoms with Crippen molar-refractivity contribution in [3.8, 4) is 11.1 Å². The SMILES string of the molecule is O=C1CCCN1Cc1ccc(-c2ccccc2CNc2ccccc2[N+](=O)[O-])cc1. The van der Waals surface area contributed by atoms with Crippen LogP contribution >= 0.6 is 0 Å². The van der Waals surface area contributed by atoms with Crippen molar-refractivity contribution in [1.82, 2.24) is 4.90 Å². The smallest absolute Gasteiger partial charge is 0.292 e. The first kappa shape index (κ1) is 19.6. The zero-order valence-corrected chi connectivity index (χ0v) is 16.6. The number of carbonyl (C=O) groups is 1. The highest BCUT2D eigenvalue weighted by atomic mass is 16.6. The van der Waals surface area contributed by atoms with E-state index in [1.54, 1.807) is 18.2 Å². The minimum absolute atomic E-state index is 0.0655. The van der Waals surface area contributed by atoms with Crippen molar-refractivity contribution in [3.05, 3.63) is 94.0 Å². The summed E-state index contributed by atoms with van der Waals surface area (Å²) in [6.45, 7) is 1.96. The highest BCUT2D eigenvalue weighted by Crippen LogP contribution is 2.28. The van der Waals surface area contributed by atoms with Crippen LogP contribution in [0.4, 0.5) is 11.4 Å². The molecule has 3 aromatic rings. The van der Waals surface area contributed by atoms with E-state index < -0.39 is 0 Å². The Hall–Kier alpha value is -3.67. The van der Waals surface area contributed by atoms with Gasteiger partial charge in [-0.15, -0.1) is 0 Å². The molecule has 0 bridgehead atoms. The second-order valence-electron chi connectivity index (χ2n) is 7.40. The molecule has 3 aromatic carbocycles. The maximum atomic E-state index is 11.8. The molecule has 1 heterocycles. The van der Waals surface area contributed by atoms with Gasteiger partial charge in [0.25, 0.3) is 5.69 Å². The number of hydrogen-bond donors (Lipinski definition) is 1. The number of anilines is 1. The molecule has 1 N–H and O–H groups in total. The molecule has 0 radical (unpaired) electrons. The minimum atomic E-state index is -0.377. The van der Waals surface area contributed by atoms with Crippen LogP contribution < -0.4 is 5.32 Å². The van der Waals surface area contributed by atoms with Gasteiger partial charge in [0.05, 0.1) is 4.92 Å². The van der Waals surface area contributed by atoms with E-state index in [9.17, 15) is 14.9 Å². The molecule has 1 aliphatic heterocycles. The molecule has 6 heteroatoms. The Labute approximate surface area is 175 Å². The molecule has 1 aliphatic rings. The summed E-state index contributed by atoms with van der Waals surface area (Å²) in [6.07, 6.45) is 1.59. The maximum absolute atomic E-state index is 11.8. The zero-order chi connectivity index (χ0) is 20.9. The van der Waals surface area contributed by atoms with Gasteiger partial charge >= 0.3 is 0 Å². The van der Waals surface area contributed by atoms with Crippen LogP contribution in [0.3, 0.4) is 0 Å². The molecule has 4 rings (SSSR count). The number of hydrogen-bond acceptors (Lipinski definition) is 4. The number of rotatable bonds is 7. The molecule has 0 atom stereocenters. The summed E-state index contributed by atoms with van der Waals surface area (Å²) in [5.74, 6) is 0.227. The van der Waals surface area contributed by atoms with Gasteiger partial charge in [-0.25, -0.2) is 0 Å². The van der Waals surface area contributed by atoms with Crippen molar-refractivity contribution in [3.63, 3.8) is 0 Å². The first-order chi connectivity index (χ1) is 14.6. The Balaban J connectivity index is 1.51. The van der Waals surface area contributed by atoms with Crippen LogP contribution in [0.2, 0.25) is 0 Å². The molecule has 1 amide bonds. The lowest BCUT2D eigenvalue weighted by Gasteiger charge is -2.16. The lowest BCUT2D eigenvalue weighted by molar-refractivity contribution is -0.384. The fourth-order valence-electron chi connectivity index (χ4n) is 3.81. The molecule has 1 fully saturated rings. The topological polar surface area (TPSA) is 75.5 Å². The van der Waals surface area contributed by atoms with E-state index in [-0.39, 0.29) is 16.5 Å². The normalized spacial score (nSPS) is 13.5. The molecule has 0 spiro atoms. The summed E-state index contributed by atoms with van der Waals surface area (Å²) in [7, 11) is 0. The molecular weight excluding hydrogens is 378 g/mol. The van der Waals surface area contributed by atoms with Gasteiger partial charge in [-0.05, 0) is 34.7 Å². The highest BCUT2D eigenvalue weighted by Gasteiger charge is 2.20. The number of likely N-dealkylation sites (tertiary alicyclic amines) is 1. The zero-order valence-electron chi connectivity index (χ0n) is 16.6. The van der Waals surface area contributed by atoms with Gasteiger partial charge in [0, 0.05) is 32.1 Å². The quantitative estimate of drug-likeness (QED) is 0.447. The number of nitro benzene ring substituents is 1. The van der Waals surface area contributed by atoms with Gasteiger partial charge in [-0.1, -0.05) is 60.7 Å². The standard InChI is InChI=1S/C24H23N3O3/c28-24-10-5-15-26(24)17-18-11-13-19(14-12-18)21-7-2-1-6-20(21)16-25-22-8-3-4-9-23(22)27(29)30/h1-4,6-9,11-14,25H,5,10,15-17H2. The van der Waals surface area contributed by atoms with Crippen molar-refractivity contribution in [2.75, 3.05) is 11.9 Å². The summed E-state index contributed by atoms with van der Waals surface area (Å²) in [5.41, 5.74) is 4.89. The third kappa shape index (κ3) is 4.33. The fraction of sp³-hybridized carbons (Fsp3) is 0.208. The molecular formula is C24H23N3O3. The number of nitro groups is 1. The number of carbonyl (C=O) groups excluding carboxylic acids is 1. The van der Waals surface area contributed by atoms with E-state index in [1.807, 2.05) is 23.1 Å². The van der Waals surface area contributed by atoms with Crippen molar-refractivity contribution >= 4 is 17.3 Å². The number of amides is 1.